The number of nitrogens with zero attached hydrogens (tertiary/aromatic N) is 1. The molecule has 102 valence electrons. The first-order valence-electron chi connectivity index (χ1n) is 5.50. The number of benzene rings is 2. The Balaban J connectivity index is 2.34. The predicted octanol–water partition coefficient (Wildman–Crippen LogP) is 2.70. The fourth-order valence-electron chi connectivity index (χ4n) is 1.54. The van der Waals surface area contributed by atoms with Crippen molar-refractivity contribution in [3.8, 4) is 6.07 Å². The Bertz CT molecular complexity index is 780. The van der Waals surface area contributed by atoms with Crippen molar-refractivity contribution in [2.24, 2.45) is 0 Å². The van der Waals surface area contributed by atoms with Crippen molar-refractivity contribution < 1.29 is 8.42 Å². The van der Waals surface area contributed by atoms with E-state index in [9.17, 15) is 8.42 Å². The number of hydrogen-bond acceptors (Lipinski definition) is 4. The van der Waals surface area contributed by atoms with Gasteiger partial charge in [0.05, 0.1) is 27.9 Å². The number of anilines is 2. The first kappa shape index (κ1) is 14.4. The summed E-state index contributed by atoms with van der Waals surface area (Å²) in [6.45, 7) is 0. The van der Waals surface area contributed by atoms with Crippen LogP contribution in [-0.4, -0.2) is 8.42 Å². The first-order valence-corrected chi connectivity index (χ1v) is 7.78. The summed E-state index contributed by atoms with van der Waals surface area (Å²) < 4.78 is 27.5. The molecule has 0 aliphatic rings. The van der Waals surface area contributed by atoms with Gasteiger partial charge < -0.3 is 5.73 Å². The van der Waals surface area contributed by atoms with Crippen molar-refractivity contribution in [2.45, 2.75) is 4.90 Å². The zero-order chi connectivity index (χ0) is 14.8. The van der Waals surface area contributed by atoms with E-state index in [-0.39, 0.29) is 16.3 Å². The third-order valence-corrected chi connectivity index (χ3v) is 4.46. The normalized spacial score (nSPS) is 10.8. The van der Waals surface area contributed by atoms with Gasteiger partial charge in [0, 0.05) is 4.47 Å². The Morgan fingerprint density at radius 3 is 2.35 bits per heavy atom. The zero-order valence-electron chi connectivity index (χ0n) is 10.2. The molecule has 0 saturated heterocycles. The van der Waals surface area contributed by atoms with Crippen molar-refractivity contribution in [1.82, 2.24) is 0 Å². The van der Waals surface area contributed by atoms with Gasteiger partial charge in [-0.2, -0.15) is 5.26 Å². The second-order valence-corrected chi connectivity index (χ2v) is 6.57. The summed E-state index contributed by atoms with van der Waals surface area (Å²) in [7, 11) is -3.71. The first-order chi connectivity index (χ1) is 9.42. The van der Waals surface area contributed by atoms with Crippen LogP contribution in [0, 0.1) is 11.3 Å². The molecule has 0 aromatic heterocycles. The minimum absolute atomic E-state index is 0.129. The Morgan fingerprint density at radius 2 is 1.80 bits per heavy atom. The molecule has 0 unspecified atom stereocenters. The number of sulfonamides is 1. The Kier molecular flexibility index (Phi) is 3.97. The molecule has 0 bridgehead atoms. The van der Waals surface area contributed by atoms with Gasteiger partial charge in [0.2, 0.25) is 0 Å². The average Bonchev–Trinajstić information content (AvgIpc) is 2.41. The van der Waals surface area contributed by atoms with Crippen molar-refractivity contribution in [3.05, 3.63) is 52.5 Å². The smallest absolute Gasteiger partial charge is 0.261 e. The fraction of sp³-hybridized carbons (Fsp3) is 0. The molecule has 0 atom stereocenters. The van der Waals surface area contributed by atoms with Crippen LogP contribution < -0.4 is 10.5 Å². The maximum Gasteiger partial charge on any atom is 0.261 e. The standard InChI is InChI=1S/C13H10BrN3O2S/c14-10-2-4-11(5-3-10)20(18,19)17-13-6-1-9(8-15)7-12(13)16/h1-7,17H,16H2. The third kappa shape index (κ3) is 3.10. The Morgan fingerprint density at radius 1 is 1.15 bits per heavy atom. The molecule has 0 spiro atoms. The number of nitrogen functional groups attached to an aromatic ring is 1. The summed E-state index contributed by atoms with van der Waals surface area (Å²) in [5, 5.41) is 8.74. The van der Waals surface area contributed by atoms with Crippen molar-refractivity contribution in [1.29, 1.82) is 5.26 Å². The third-order valence-electron chi connectivity index (χ3n) is 2.55. The number of nitrogens with two attached hydrogens (primary N) is 1. The van der Waals surface area contributed by atoms with Gasteiger partial charge in [-0.1, -0.05) is 15.9 Å². The molecule has 5 nitrogen and oxygen atoms in total. The number of nitrogens with one attached hydrogen (secondary N) is 1. The van der Waals surface area contributed by atoms with Crippen LogP contribution in [0.4, 0.5) is 11.4 Å². The van der Waals surface area contributed by atoms with E-state index in [1.807, 2.05) is 6.07 Å². The van der Waals surface area contributed by atoms with Gasteiger partial charge in [0.1, 0.15) is 0 Å². The molecule has 0 amide bonds. The molecule has 0 fully saturated rings. The van der Waals surface area contributed by atoms with Crippen LogP contribution in [0.1, 0.15) is 5.56 Å². The van der Waals surface area contributed by atoms with E-state index in [1.165, 1.54) is 30.3 Å². The van der Waals surface area contributed by atoms with Crippen LogP contribution in [0.5, 0.6) is 0 Å². The molecule has 3 N–H and O–H groups in total. The van der Waals surface area contributed by atoms with Gasteiger partial charge in [0.25, 0.3) is 10.0 Å². The zero-order valence-corrected chi connectivity index (χ0v) is 12.6. The lowest BCUT2D eigenvalue weighted by atomic mass is 10.2. The molecule has 0 heterocycles. The monoisotopic (exact) mass is 351 g/mol. The second kappa shape index (κ2) is 5.53. The summed E-state index contributed by atoms with van der Waals surface area (Å²) in [6.07, 6.45) is 0. The van der Waals surface area contributed by atoms with Gasteiger partial charge in [-0.05, 0) is 42.5 Å². The number of rotatable bonds is 3. The molecular weight excluding hydrogens is 342 g/mol. The van der Waals surface area contributed by atoms with E-state index in [0.29, 0.717) is 5.56 Å². The van der Waals surface area contributed by atoms with E-state index in [1.54, 1.807) is 12.1 Å². The van der Waals surface area contributed by atoms with Crippen LogP contribution in [0.3, 0.4) is 0 Å². The van der Waals surface area contributed by atoms with Gasteiger partial charge in [-0.15, -0.1) is 0 Å². The minimum Gasteiger partial charge on any atom is -0.397 e. The quantitative estimate of drug-likeness (QED) is 0.830. The summed E-state index contributed by atoms with van der Waals surface area (Å²) in [5.74, 6) is 0. The van der Waals surface area contributed by atoms with Gasteiger partial charge in [-0.25, -0.2) is 8.42 Å². The second-order valence-electron chi connectivity index (χ2n) is 3.97. The Labute approximate surface area is 125 Å². The molecule has 2 aromatic carbocycles. The average molecular weight is 352 g/mol. The lowest BCUT2D eigenvalue weighted by molar-refractivity contribution is 0.601. The van der Waals surface area contributed by atoms with Gasteiger partial charge in [-0.3, -0.25) is 4.72 Å². The topological polar surface area (TPSA) is 96.0 Å². The molecule has 2 rings (SSSR count). The van der Waals surface area contributed by atoms with Crippen LogP contribution >= 0.6 is 15.9 Å². The minimum atomic E-state index is -3.71. The molecule has 0 saturated carbocycles. The maximum atomic E-state index is 12.2. The van der Waals surface area contributed by atoms with E-state index in [2.05, 4.69) is 20.7 Å². The molecule has 7 heteroatoms. The molecule has 2 aromatic rings. The Hall–Kier alpha value is -2.04. The highest BCUT2D eigenvalue weighted by atomic mass is 79.9. The summed E-state index contributed by atoms with van der Waals surface area (Å²) in [6, 6.07) is 12.5. The van der Waals surface area contributed by atoms with E-state index >= 15 is 0 Å². The number of nitriles is 1. The predicted molar refractivity (Wildman–Crippen MR) is 80.5 cm³/mol. The highest BCUT2D eigenvalue weighted by Gasteiger charge is 2.15. The van der Waals surface area contributed by atoms with Crippen molar-refractivity contribution >= 4 is 37.3 Å². The van der Waals surface area contributed by atoms with Gasteiger partial charge in [0.15, 0.2) is 0 Å². The van der Waals surface area contributed by atoms with Crippen LogP contribution in [0.25, 0.3) is 0 Å². The van der Waals surface area contributed by atoms with Gasteiger partial charge >= 0.3 is 0 Å². The summed E-state index contributed by atoms with van der Waals surface area (Å²) >= 11 is 3.24. The summed E-state index contributed by atoms with van der Waals surface area (Å²) in [4.78, 5) is 0.129. The largest absolute Gasteiger partial charge is 0.397 e. The molecule has 0 aliphatic heterocycles. The number of halogens is 1. The number of hydrogen-bond donors (Lipinski definition) is 2. The van der Waals surface area contributed by atoms with Crippen molar-refractivity contribution in [3.63, 3.8) is 0 Å². The maximum absolute atomic E-state index is 12.2. The highest BCUT2D eigenvalue weighted by Crippen LogP contribution is 2.23. The van der Waals surface area contributed by atoms with E-state index < -0.39 is 10.0 Å². The molecule has 20 heavy (non-hydrogen) atoms. The fourth-order valence-corrected chi connectivity index (χ4v) is 2.89. The van der Waals surface area contributed by atoms with Crippen LogP contribution in [-0.2, 0) is 10.0 Å². The lowest BCUT2D eigenvalue weighted by Crippen LogP contribution is -2.14. The van der Waals surface area contributed by atoms with Crippen LogP contribution in [0.2, 0.25) is 0 Å². The lowest BCUT2D eigenvalue weighted by Gasteiger charge is -2.10. The van der Waals surface area contributed by atoms with E-state index in [4.69, 9.17) is 11.0 Å². The van der Waals surface area contributed by atoms with Crippen molar-refractivity contribution in [2.75, 3.05) is 10.5 Å². The SMILES string of the molecule is N#Cc1ccc(NS(=O)(=O)c2ccc(Br)cc2)c(N)c1. The highest BCUT2D eigenvalue weighted by molar-refractivity contribution is 9.10. The van der Waals surface area contributed by atoms with Crippen LogP contribution in [0.15, 0.2) is 51.8 Å². The summed E-state index contributed by atoms with van der Waals surface area (Å²) in [5.41, 5.74) is 6.53. The van der Waals surface area contributed by atoms with E-state index in [0.717, 1.165) is 4.47 Å². The molecule has 0 aliphatic carbocycles. The molecule has 0 radical (unpaired) electrons. The molecular formula is C13H10BrN3O2S.